The van der Waals surface area contributed by atoms with E-state index in [4.69, 9.17) is 4.74 Å². The van der Waals surface area contributed by atoms with Crippen molar-refractivity contribution < 1.29 is 28.7 Å². The third kappa shape index (κ3) is 13.3. The van der Waals surface area contributed by atoms with Gasteiger partial charge in [-0.25, -0.2) is 0 Å². The molecule has 0 amide bonds. The van der Waals surface area contributed by atoms with Gasteiger partial charge < -0.3 is 9.47 Å². The van der Waals surface area contributed by atoms with E-state index in [1.807, 2.05) is 0 Å². The molecule has 0 heterocycles. The van der Waals surface area contributed by atoms with Crippen molar-refractivity contribution in [1.82, 2.24) is 0 Å². The predicted octanol–water partition coefficient (Wildman–Crippen LogP) is 2.33. The molecule has 0 fully saturated rings. The Kier molecular flexibility index (Phi) is 12.2. The number of hydrogen-bond acceptors (Lipinski definition) is 6. The highest BCUT2D eigenvalue weighted by Crippen LogP contribution is 2.01. The second-order valence-electron chi connectivity index (χ2n) is 5.71. The van der Waals surface area contributed by atoms with E-state index in [2.05, 4.69) is 4.74 Å². The molecule has 0 unspecified atom stereocenters. The van der Waals surface area contributed by atoms with Gasteiger partial charge in [0.15, 0.2) is 0 Å². The number of ether oxygens (including phenoxy) is 2. The molecule has 128 valence electrons. The zero-order valence-electron chi connectivity index (χ0n) is 14.6. The van der Waals surface area contributed by atoms with Crippen molar-refractivity contribution >= 4 is 23.5 Å². The van der Waals surface area contributed by atoms with Crippen molar-refractivity contribution in [1.29, 1.82) is 0 Å². The van der Waals surface area contributed by atoms with Gasteiger partial charge in [0.1, 0.15) is 24.4 Å². The highest BCUT2D eigenvalue weighted by Gasteiger charge is 2.14. The summed E-state index contributed by atoms with van der Waals surface area (Å²) < 4.78 is 9.12. The Morgan fingerprint density at radius 3 is 1.36 bits per heavy atom. The van der Waals surface area contributed by atoms with E-state index in [9.17, 15) is 19.2 Å². The van der Waals surface area contributed by atoms with Gasteiger partial charge in [-0.1, -0.05) is 27.7 Å². The first-order valence-electron chi connectivity index (χ1n) is 7.32. The van der Waals surface area contributed by atoms with Gasteiger partial charge in [-0.05, 0) is 13.8 Å². The summed E-state index contributed by atoms with van der Waals surface area (Å²) in [4.78, 5) is 43.3. The van der Waals surface area contributed by atoms with Crippen molar-refractivity contribution in [3.8, 4) is 0 Å². The number of carbonyl (C=O) groups is 4. The van der Waals surface area contributed by atoms with Gasteiger partial charge >= 0.3 is 11.9 Å². The molecule has 0 aromatic carbocycles. The lowest BCUT2D eigenvalue weighted by atomic mass is 10.1. The van der Waals surface area contributed by atoms with Gasteiger partial charge in [0, 0.05) is 11.8 Å². The van der Waals surface area contributed by atoms with Gasteiger partial charge in [-0.2, -0.15) is 0 Å². The first-order valence-corrected chi connectivity index (χ1v) is 7.32. The topological polar surface area (TPSA) is 86.7 Å². The standard InChI is InChI=1S/C9H16O3.C7H12O3/c1-6(2)8(10)5-9(11)12-7(3)4;1-5(2)6(8)4-7(9)10-3/h6-7H,5H2,1-4H3;5H,4H2,1-3H3. The van der Waals surface area contributed by atoms with E-state index < -0.39 is 11.9 Å². The van der Waals surface area contributed by atoms with E-state index in [1.165, 1.54) is 7.11 Å². The molecule has 6 heteroatoms. The number of carbonyl (C=O) groups excluding carboxylic acids is 4. The van der Waals surface area contributed by atoms with Crippen LogP contribution in [0.1, 0.15) is 54.4 Å². The SMILES string of the molecule is CC(C)OC(=O)CC(=O)C(C)C.COC(=O)CC(=O)C(C)C. The Balaban J connectivity index is 0. The third-order valence-electron chi connectivity index (χ3n) is 2.52. The van der Waals surface area contributed by atoms with Crippen molar-refractivity contribution in [3.63, 3.8) is 0 Å². The third-order valence-corrected chi connectivity index (χ3v) is 2.52. The van der Waals surface area contributed by atoms with Gasteiger partial charge in [0.2, 0.25) is 0 Å². The Hall–Kier alpha value is -1.72. The lowest BCUT2D eigenvalue weighted by Crippen LogP contribution is -2.18. The minimum atomic E-state index is -0.460. The van der Waals surface area contributed by atoms with Gasteiger partial charge in [0.05, 0.1) is 13.2 Å². The van der Waals surface area contributed by atoms with Crippen molar-refractivity contribution in [3.05, 3.63) is 0 Å². The van der Waals surface area contributed by atoms with Crippen LogP contribution in [-0.2, 0) is 28.7 Å². The molecule has 22 heavy (non-hydrogen) atoms. The molecule has 0 aliphatic carbocycles. The minimum Gasteiger partial charge on any atom is -0.469 e. The quantitative estimate of drug-likeness (QED) is 0.529. The average Bonchev–Trinajstić information content (AvgIpc) is 2.37. The average molecular weight is 316 g/mol. The summed E-state index contributed by atoms with van der Waals surface area (Å²) >= 11 is 0. The highest BCUT2D eigenvalue weighted by molar-refractivity contribution is 5.96. The molecule has 0 rings (SSSR count). The summed E-state index contributed by atoms with van der Waals surface area (Å²) in [5.41, 5.74) is 0. The molecular weight excluding hydrogens is 288 g/mol. The summed E-state index contributed by atoms with van der Waals surface area (Å²) in [5, 5.41) is 0. The molecule has 0 spiro atoms. The number of rotatable bonds is 7. The molecule has 6 nitrogen and oxygen atoms in total. The first-order chi connectivity index (χ1) is 10.0. The smallest absolute Gasteiger partial charge is 0.313 e. The first kappa shape index (κ1) is 22.6. The fourth-order valence-corrected chi connectivity index (χ4v) is 1.07. The molecule has 0 saturated carbocycles. The van der Waals surface area contributed by atoms with Crippen LogP contribution in [0.5, 0.6) is 0 Å². The lowest BCUT2D eigenvalue weighted by molar-refractivity contribution is -0.150. The molecule has 0 aromatic heterocycles. The second-order valence-corrected chi connectivity index (χ2v) is 5.71. The molecule has 0 aliphatic heterocycles. The highest BCUT2D eigenvalue weighted by atomic mass is 16.5. The number of ketones is 2. The van der Waals surface area contributed by atoms with Gasteiger partial charge in [-0.15, -0.1) is 0 Å². The molecule has 0 N–H and O–H groups in total. The predicted molar refractivity (Wildman–Crippen MR) is 82.2 cm³/mol. The van der Waals surface area contributed by atoms with Crippen molar-refractivity contribution in [2.45, 2.75) is 60.5 Å². The van der Waals surface area contributed by atoms with Crippen molar-refractivity contribution in [2.75, 3.05) is 7.11 Å². The molecule has 0 radical (unpaired) electrons. The van der Waals surface area contributed by atoms with Crippen LogP contribution in [0.3, 0.4) is 0 Å². The van der Waals surface area contributed by atoms with E-state index >= 15 is 0 Å². The summed E-state index contributed by atoms with van der Waals surface area (Å²) in [7, 11) is 1.27. The van der Waals surface area contributed by atoms with Crippen LogP contribution in [-0.4, -0.2) is 36.7 Å². The normalized spacial score (nSPS) is 10.1. The zero-order chi connectivity index (χ0) is 17.9. The van der Waals surface area contributed by atoms with E-state index in [0.29, 0.717) is 0 Å². The minimum absolute atomic E-state index is 0.0688. The zero-order valence-corrected chi connectivity index (χ0v) is 14.6. The van der Waals surface area contributed by atoms with Crippen LogP contribution in [0.15, 0.2) is 0 Å². The van der Waals surface area contributed by atoms with Crippen LogP contribution < -0.4 is 0 Å². The van der Waals surface area contributed by atoms with Crippen LogP contribution in [0, 0.1) is 11.8 Å². The molecular formula is C16H28O6. The number of Topliss-reactive ketones (excluding diaryl/α,β-unsaturated/α-hetero) is 2. The maximum atomic E-state index is 11.0. The molecule has 0 atom stereocenters. The number of esters is 2. The van der Waals surface area contributed by atoms with Crippen LogP contribution in [0.2, 0.25) is 0 Å². The molecule has 0 bridgehead atoms. The van der Waals surface area contributed by atoms with Gasteiger partial charge in [0.25, 0.3) is 0 Å². The fraction of sp³-hybridized carbons (Fsp3) is 0.750. The summed E-state index contributed by atoms with van der Waals surface area (Å²) in [6.45, 7) is 10.6. The lowest BCUT2D eigenvalue weighted by Gasteiger charge is -2.07. The largest absolute Gasteiger partial charge is 0.469 e. The fourth-order valence-electron chi connectivity index (χ4n) is 1.07. The second kappa shape index (κ2) is 11.9. The molecule has 0 aliphatic rings. The summed E-state index contributed by atoms with van der Waals surface area (Å²) in [5.74, 6) is -1.21. The Morgan fingerprint density at radius 2 is 1.09 bits per heavy atom. The summed E-state index contributed by atoms with van der Waals surface area (Å²) in [6, 6.07) is 0. The Bertz CT molecular complexity index is 382. The van der Waals surface area contributed by atoms with Crippen LogP contribution >= 0.6 is 0 Å². The van der Waals surface area contributed by atoms with Crippen molar-refractivity contribution in [2.24, 2.45) is 11.8 Å². The number of methoxy groups -OCH3 is 1. The maximum absolute atomic E-state index is 11.0. The molecule has 0 saturated heterocycles. The Labute approximate surface area is 132 Å². The van der Waals surface area contributed by atoms with Gasteiger partial charge in [-0.3, -0.25) is 19.2 Å². The maximum Gasteiger partial charge on any atom is 0.313 e. The number of hydrogen-bond donors (Lipinski definition) is 0. The van der Waals surface area contributed by atoms with E-state index in [1.54, 1.807) is 41.5 Å². The molecule has 0 aromatic rings. The van der Waals surface area contributed by atoms with Crippen LogP contribution in [0.4, 0.5) is 0 Å². The Morgan fingerprint density at radius 1 is 0.727 bits per heavy atom. The van der Waals surface area contributed by atoms with E-state index in [-0.39, 0.29) is 42.3 Å². The van der Waals surface area contributed by atoms with E-state index in [0.717, 1.165) is 0 Å². The monoisotopic (exact) mass is 316 g/mol. The summed E-state index contributed by atoms with van der Waals surface area (Å²) in [6.07, 6.45) is -0.346. The van der Waals surface area contributed by atoms with Crippen LogP contribution in [0.25, 0.3) is 0 Å².